The van der Waals surface area contributed by atoms with Gasteiger partial charge in [-0.15, -0.1) is 0 Å². The average molecular weight is 353 g/mol. The summed E-state index contributed by atoms with van der Waals surface area (Å²) in [6, 6.07) is 15.5. The van der Waals surface area contributed by atoms with Crippen LogP contribution in [0.25, 0.3) is 0 Å². The van der Waals surface area contributed by atoms with Crippen LogP contribution in [-0.2, 0) is 13.0 Å². The number of anilines is 1. The predicted octanol–water partition coefficient (Wildman–Crippen LogP) is 5.12. The molecule has 0 bridgehead atoms. The molecule has 0 spiro atoms. The lowest BCUT2D eigenvalue weighted by Crippen LogP contribution is -2.12. The van der Waals surface area contributed by atoms with Crippen molar-refractivity contribution in [3.05, 3.63) is 83.1 Å². The standard InChI is InChI=1S/C21H20FNO3/c1-3-15-5-7-16(8-6-15)25-13-17-9-11-20(26-17)21(24)23-19-12-14(2)4-10-18(19)22/h4-12H,3,13H2,1-2H3,(H,23,24). The zero-order chi connectivity index (χ0) is 18.5. The van der Waals surface area contributed by atoms with Gasteiger partial charge >= 0.3 is 0 Å². The molecule has 1 amide bonds. The van der Waals surface area contributed by atoms with Gasteiger partial charge in [0.1, 0.15) is 23.9 Å². The quantitative estimate of drug-likeness (QED) is 0.669. The third-order valence-electron chi connectivity index (χ3n) is 3.97. The highest BCUT2D eigenvalue weighted by Gasteiger charge is 2.14. The Kier molecular flexibility index (Phi) is 5.37. The lowest BCUT2D eigenvalue weighted by Gasteiger charge is -2.06. The van der Waals surface area contributed by atoms with Gasteiger partial charge in [0.25, 0.3) is 5.91 Å². The van der Waals surface area contributed by atoms with Crippen LogP contribution in [0.3, 0.4) is 0 Å². The zero-order valence-corrected chi connectivity index (χ0v) is 14.7. The normalized spacial score (nSPS) is 10.6. The van der Waals surface area contributed by atoms with Crippen molar-refractivity contribution in [2.45, 2.75) is 26.9 Å². The van der Waals surface area contributed by atoms with Gasteiger partial charge < -0.3 is 14.5 Å². The molecule has 1 heterocycles. The van der Waals surface area contributed by atoms with Crippen molar-refractivity contribution in [1.29, 1.82) is 0 Å². The summed E-state index contributed by atoms with van der Waals surface area (Å²) in [5.41, 5.74) is 2.21. The largest absolute Gasteiger partial charge is 0.486 e. The number of hydrogen-bond donors (Lipinski definition) is 1. The molecule has 3 aromatic rings. The Labute approximate surface area is 151 Å². The summed E-state index contributed by atoms with van der Waals surface area (Å²) in [7, 11) is 0. The van der Waals surface area contributed by atoms with E-state index in [1.54, 1.807) is 24.3 Å². The van der Waals surface area contributed by atoms with Crippen molar-refractivity contribution in [2.24, 2.45) is 0 Å². The number of amides is 1. The first kappa shape index (κ1) is 17.7. The minimum absolute atomic E-state index is 0.103. The number of carbonyl (C=O) groups is 1. The van der Waals surface area contributed by atoms with Crippen LogP contribution in [0.5, 0.6) is 5.75 Å². The van der Waals surface area contributed by atoms with E-state index in [0.717, 1.165) is 17.7 Å². The number of aryl methyl sites for hydroxylation is 2. The van der Waals surface area contributed by atoms with Gasteiger partial charge in [0.15, 0.2) is 5.76 Å². The van der Waals surface area contributed by atoms with E-state index in [4.69, 9.17) is 9.15 Å². The van der Waals surface area contributed by atoms with Crippen LogP contribution in [-0.4, -0.2) is 5.91 Å². The van der Waals surface area contributed by atoms with Gasteiger partial charge in [-0.3, -0.25) is 4.79 Å². The molecule has 26 heavy (non-hydrogen) atoms. The number of rotatable bonds is 6. The van der Waals surface area contributed by atoms with Crippen molar-refractivity contribution in [3.63, 3.8) is 0 Å². The van der Waals surface area contributed by atoms with Crippen LogP contribution in [0.4, 0.5) is 10.1 Å². The van der Waals surface area contributed by atoms with Gasteiger partial charge in [0.05, 0.1) is 5.69 Å². The maximum atomic E-state index is 13.7. The van der Waals surface area contributed by atoms with Crippen LogP contribution in [0.15, 0.2) is 59.0 Å². The predicted molar refractivity (Wildman–Crippen MR) is 98.0 cm³/mol. The Morgan fingerprint density at radius 3 is 2.62 bits per heavy atom. The zero-order valence-electron chi connectivity index (χ0n) is 14.7. The molecule has 0 unspecified atom stereocenters. The van der Waals surface area contributed by atoms with Gasteiger partial charge in [-0.05, 0) is 60.9 Å². The Morgan fingerprint density at radius 1 is 1.12 bits per heavy atom. The van der Waals surface area contributed by atoms with Crippen LogP contribution in [0, 0.1) is 12.7 Å². The number of benzene rings is 2. The van der Waals surface area contributed by atoms with Gasteiger partial charge in [-0.2, -0.15) is 0 Å². The van der Waals surface area contributed by atoms with E-state index < -0.39 is 11.7 Å². The topological polar surface area (TPSA) is 51.5 Å². The molecule has 1 aromatic heterocycles. The monoisotopic (exact) mass is 353 g/mol. The summed E-state index contributed by atoms with van der Waals surface area (Å²) in [5.74, 6) is 0.347. The first-order valence-corrected chi connectivity index (χ1v) is 8.43. The molecule has 0 aliphatic carbocycles. The second-order valence-electron chi connectivity index (χ2n) is 5.99. The number of halogens is 1. The molecule has 0 atom stereocenters. The molecule has 134 valence electrons. The smallest absolute Gasteiger partial charge is 0.291 e. The third kappa shape index (κ3) is 4.30. The van der Waals surface area contributed by atoms with Crippen LogP contribution >= 0.6 is 0 Å². The molecule has 3 rings (SSSR count). The van der Waals surface area contributed by atoms with Crippen LogP contribution in [0.1, 0.15) is 34.4 Å². The third-order valence-corrected chi connectivity index (χ3v) is 3.97. The van der Waals surface area contributed by atoms with Crippen molar-refractivity contribution < 1.29 is 18.3 Å². The highest BCUT2D eigenvalue weighted by Crippen LogP contribution is 2.19. The summed E-state index contributed by atoms with van der Waals surface area (Å²) in [6.07, 6.45) is 0.971. The lowest BCUT2D eigenvalue weighted by atomic mass is 10.2. The van der Waals surface area contributed by atoms with E-state index in [-0.39, 0.29) is 18.1 Å². The minimum Gasteiger partial charge on any atom is -0.486 e. The van der Waals surface area contributed by atoms with Gasteiger partial charge in [-0.25, -0.2) is 4.39 Å². The van der Waals surface area contributed by atoms with Gasteiger partial charge in [-0.1, -0.05) is 25.1 Å². The number of furan rings is 1. The molecule has 2 aromatic carbocycles. The molecule has 0 radical (unpaired) electrons. The minimum atomic E-state index is -0.506. The Balaban J connectivity index is 1.61. The van der Waals surface area contributed by atoms with Crippen molar-refractivity contribution in [2.75, 3.05) is 5.32 Å². The highest BCUT2D eigenvalue weighted by atomic mass is 19.1. The molecule has 4 nitrogen and oxygen atoms in total. The van der Waals surface area contributed by atoms with Crippen LogP contribution in [0.2, 0.25) is 0 Å². The molecular weight excluding hydrogens is 333 g/mol. The van der Waals surface area contributed by atoms with Gasteiger partial charge in [0.2, 0.25) is 0 Å². The van der Waals surface area contributed by atoms with Crippen molar-refractivity contribution >= 4 is 11.6 Å². The molecular formula is C21H20FNO3. The van der Waals surface area contributed by atoms with Crippen molar-refractivity contribution in [1.82, 2.24) is 0 Å². The van der Waals surface area contributed by atoms with E-state index in [2.05, 4.69) is 12.2 Å². The fourth-order valence-corrected chi connectivity index (χ4v) is 2.47. The molecule has 1 N–H and O–H groups in total. The molecule has 0 saturated carbocycles. The number of nitrogens with one attached hydrogen (secondary N) is 1. The van der Waals surface area contributed by atoms with E-state index >= 15 is 0 Å². The number of hydrogen-bond acceptors (Lipinski definition) is 3. The first-order valence-electron chi connectivity index (χ1n) is 8.43. The molecule has 0 aliphatic heterocycles. The maximum absolute atomic E-state index is 13.7. The van der Waals surface area contributed by atoms with E-state index in [9.17, 15) is 9.18 Å². The maximum Gasteiger partial charge on any atom is 0.291 e. The SMILES string of the molecule is CCc1ccc(OCc2ccc(C(=O)Nc3cc(C)ccc3F)o2)cc1. The molecule has 0 saturated heterocycles. The average Bonchev–Trinajstić information content (AvgIpc) is 3.12. The molecule has 0 fully saturated rings. The molecule has 5 heteroatoms. The highest BCUT2D eigenvalue weighted by molar-refractivity contribution is 6.02. The fraction of sp³-hybridized carbons (Fsp3) is 0.190. The second-order valence-corrected chi connectivity index (χ2v) is 5.99. The Bertz CT molecular complexity index is 900. The second kappa shape index (κ2) is 7.87. The van der Waals surface area contributed by atoms with E-state index in [1.165, 1.54) is 11.6 Å². The summed E-state index contributed by atoms with van der Waals surface area (Å²) in [5, 5.41) is 2.52. The fourth-order valence-electron chi connectivity index (χ4n) is 2.47. The Morgan fingerprint density at radius 2 is 1.88 bits per heavy atom. The van der Waals surface area contributed by atoms with E-state index in [0.29, 0.717) is 5.76 Å². The summed E-state index contributed by atoms with van der Waals surface area (Å²) in [4.78, 5) is 12.2. The molecule has 0 aliphatic rings. The summed E-state index contributed by atoms with van der Waals surface area (Å²) in [6.45, 7) is 4.12. The number of carbonyl (C=O) groups excluding carboxylic acids is 1. The van der Waals surface area contributed by atoms with Gasteiger partial charge in [0, 0.05) is 0 Å². The van der Waals surface area contributed by atoms with Crippen molar-refractivity contribution in [3.8, 4) is 5.75 Å². The summed E-state index contributed by atoms with van der Waals surface area (Å²) >= 11 is 0. The summed E-state index contributed by atoms with van der Waals surface area (Å²) < 4.78 is 24.9. The lowest BCUT2D eigenvalue weighted by molar-refractivity contribution is 0.0992. The first-order chi connectivity index (χ1) is 12.5. The Hall–Kier alpha value is -3.08. The van der Waals surface area contributed by atoms with Crippen LogP contribution < -0.4 is 10.1 Å². The number of ether oxygens (including phenoxy) is 1. The van der Waals surface area contributed by atoms with E-state index in [1.807, 2.05) is 31.2 Å².